The third-order valence-electron chi connectivity index (χ3n) is 21.6. The average molecular weight is 1190 g/mol. The lowest BCUT2D eigenvalue weighted by atomic mass is 9.80. The lowest BCUT2D eigenvalue weighted by Gasteiger charge is -2.23. The van der Waals surface area contributed by atoms with Gasteiger partial charge >= 0.3 is 0 Å². The molecule has 0 nitrogen and oxygen atoms in total. The van der Waals surface area contributed by atoms with Gasteiger partial charge in [-0.2, -0.15) is 0 Å². The number of hydrogen-bond acceptors (Lipinski definition) is 0. The molecule has 0 amide bonds. The summed E-state index contributed by atoms with van der Waals surface area (Å²) in [5.74, 6) is 0. The topological polar surface area (TPSA) is 0 Å². The molecular formula is C94H64. The Bertz CT molecular complexity index is 6170. The smallest absolute Gasteiger partial charge is 0.0165 e. The Kier molecular flexibility index (Phi) is 11.9. The van der Waals surface area contributed by atoms with E-state index in [1.165, 1.54) is 197 Å². The summed E-state index contributed by atoms with van der Waals surface area (Å²) < 4.78 is 0. The van der Waals surface area contributed by atoms with E-state index >= 15 is 0 Å². The predicted molar refractivity (Wildman–Crippen MR) is 405 cm³/mol. The summed E-state index contributed by atoms with van der Waals surface area (Å²) in [6, 6.07) is 118. The molecule has 94 heavy (non-hydrogen) atoms. The first-order valence-corrected chi connectivity index (χ1v) is 33.2. The van der Waals surface area contributed by atoms with E-state index in [1.807, 2.05) is 0 Å². The summed E-state index contributed by atoms with van der Waals surface area (Å²) in [4.78, 5) is 0. The standard InChI is InChI=1S/2C47H32/c1-47(2)42-25-24-33(28-41(42)46-35-14-6-4-12-30(35)23-26-43(46)47)45-38-17-9-7-15-36(38)44(37-16-8-10-18-39(37)45)32-22-21-31-20-19-29-11-3-5-13-34(29)40(31)27-32;1-47(2)43-26-24-33(28-42(43)40-25-23-30-12-4-6-14-35(30)46(40)47)45-38-17-9-7-15-36(38)44(37-16-8-10-18-39(37)45)32-22-21-31-20-19-29-11-3-5-13-34(29)41(31)27-32/h2*3-28H,1-2H3. The van der Waals surface area contributed by atoms with Gasteiger partial charge in [-0.25, -0.2) is 0 Å². The van der Waals surface area contributed by atoms with E-state index in [0.29, 0.717) is 0 Å². The Hall–Kier alpha value is -11.4. The molecule has 0 aliphatic heterocycles. The molecule has 0 bridgehead atoms. The van der Waals surface area contributed by atoms with E-state index in [4.69, 9.17) is 0 Å². The number of fused-ring (bicyclic) bond motifs is 20. The van der Waals surface area contributed by atoms with Gasteiger partial charge in [0.1, 0.15) is 0 Å². The molecule has 18 aromatic rings. The minimum Gasteiger partial charge on any atom is -0.0616 e. The number of hydrogen-bond donors (Lipinski definition) is 0. The highest BCUT2D eigenvalue weighted by Crippen LogP contribution is 2.56. The van der Waals surface area contributed by atoms with E-state index < -0.39 is 0 Å². The molecule has 440 valence electrons. The zero-order valence-corrected chi connectivity index (χ0v) is 53.0. The van der Waals surface area contributed by atoms with Crippen LogP contribution in [0.2, 0.25) is 0 Å². The molecule has 0 saturated carbocycles. The maximum atomic E-state index is 2.48. The van der Waals surface area contributed by atoms with Crippen LogP contribution in [0.3, 0.4) is 0 Å². The van der Waals surface area contributed by atoms with Gasteiger partial charge in [0.25, 0.3) is 0 Å². The second kappa shape index (κ2) is 20.5. The van der Waals surface area contributed by atoms with Gasteiger partial charge in [-0.15, -0.1) is 0 Å². The first-order valence-electron chi connectivity index (χ1n) is 33.2. The summed E-state index contributed by atoms with van der Waals surface area (Å²) in [5.41, 5.74) is 21.3. The summed E-state index contributed by atoms with van der Waals surface area (Å²) in [7, 11) is 0. The van der Waals surface area contributed by atoms with E-state index in [-0.39, 0.29) is 10.8 Å². The predicted octanol–water partition coefficient (Wildman–Crippen LogP) is 26.2. The van der Waals surface area contributed by atoms with Crippen molar-refractivity contribution >= 4 is 108 Å². The van der Waals surface area contributed by atoms with Crippen molar-refractivity contribution in [1.82, 2.24) is 0 Å². The molecule has 0 radical (unpaired) electrons. The van der Waals surface area contributed by atoms with Crippen LogP contribution in [0.4, 0.5) is 0 Å². The molecule has 0 fully saturated rings. The first-order chi connectivity index (χ1) is 46.2. The molecule has 18 aromatic carbocycles. The van der Waals surface area contributed by atoms with Gasteiger partial charge in [-0.3, -0.25) is 0 Å². The molecule has 0 saturated heterocycles. The molecule has 0 unspecified atom stereocenters. The summed E-state index contributed by atoms with van der Waals surface area (Å²) in [6.07, 6.45) is 0. The first kappa shape index (κ1) is 54.3. The van der Waals surface area contributed by atoms with Crippen LogP contribution < -0.4 is 0 Å². The van der Waals surface area contributed by atoms with Gasteiger partial charge in [-0.1, -0.05) is 319 Å². The maximum Gasteiger partial charge on any atom is 0.0165 e. The number of rotatable bonds is 4. The van der Waals surface area contributed by atoms with Gasteiger partial charge in [0.05, 0.1) is 0 Å². The molecule has 2 aliphatic rings. The van der Waals surface area contributed by atoms with Crippen molar-refractivity contribution in [2.24, 2.45) is 0 Å². The third kappa shape index (κ3) is 7.99. The van der Waals surface area contributed by atoms with Crippen molar-refractivity contribution in [1.29, 1.82) is 0 Å². The molecule has 0 atom stereocenters. The zero-order chi connectivity index (χ0) is 62.6. The summed E-state index contributed by atoms with van der Waals surface area (Å²) in [5, 5.41) is 25.9. The highest BCUT2D eigenvalue weighted by molar-refractivity contribution is 6.25. The fourth-order valence-corrected chi connectivity index (χ4v) is 17.3. The molecular weight excluding hydrogens is 1130 g/mol. The summed E-state index contributed by atoms with van der Waals surface area (Å²) >= 11 is 0. The lowest BCUT2D eigenvalue weighted by molar-refractivity contribution is 0.661. The molecule has 0 aromatic heterocycles. The highest BCUT2D eigenvalue weighted by atomic mass is 14.4. The van der Waals surface area contributed by atoms with E-state index in [0.717, 1.165) is 0 Å². The summed E-state index contributed by atoms with van der Waals surface area (Å²) in [6.45, 7) is 9.52. The number of benzene rings is 18. The second-order valence-corrected chi connectivity index (χ2v) is 27.3. The Labute approximate surface area is 547 Å². The average Bonchev–Trinajstić information content (AvgIpc) is 1.42. The molecule has 0 heteroatoms. The zero-order valence-electron chi connectivity index (χ0n) is 53.0. The van der Waals surface area contributed by atoms with Gasteiger partial charge in [0.2, 0.25) is 0 Å². The van der Waals surface area contributed by atoms with Crippen LogP contribution in [0.5, 0.6) is 0 Å². The quantitative estimate of drug-likeness (QED) is 0.122. The molecule has 0 N–H and O–H groups in total. The molecule has 0 spiro atoms. The van der Waals surface area contributed by atoms with Crippen LogP contribution in [0, 0.1) is 0 Å². The van der Waals surface area contributed by atoms with Crippen molar-refractivity contribution < 1.29 is 0 Å². The highest BCUT2D eigenvalue weighted by Gasteiger charge is 2.39. The van der Waals surface area contributed by atoms with Crippen molar-refractivity contribution in [2.45, 2.75) is 38.5 Å². The lowest BCUT2D eigenvalue weighted by Crippen LogP contribution is -2.15. The fraction of sp³-hybridized carbons (Fsp3) is 0.0638. The Morgan fingerprint density at radius 2 is 0.447 bits per heavy atom. The normalized spacial score (nSPS) is 13.5. The largest absolute Gasteiger partial charge is 0.0616 e. The van der Waals surface area contributed by atoms with Gasteiger partial charge in [0, 0.05) is 10.8 Å². The second-order valence-electron chi connectivity index (χ2n) is 27.3. The minimum atomic E-state index is -0.0711. The van der Waals surface area contributed by atoms with Crippen LogP contribution in [-0.4, -0.2) is 0 Å². The van der Waals surface area contributed by atoms with Crippen LogP contribution in [0.15, 0.2) is 315 Å². The van der Waals surface area contributed by atoms with Crippen molar-refractivity contribution in [3.63, 3.8) is 0 Å². The maximum absolute atomic E-state index is 2.48. The van der Waals surface area contributed by atoms with Crippen LogP contribution >= 0.6 is 0 Å². The van der Waals surface area contributed by atoms with Gasteiger partial charge in [-0.05, 0) is 221 Å². The molecule has 0 heterocycles. The van der Waals surface area contributed by atoms with Crippen LogP contribution in [0.25, 0.3) is 174 Å². The Balaban J connectivity index is 0.000000133. The van der Waals surface area contributed by atoms with Crippen molar-refractivity contribution in [2.75, 3.05) is 0 Å². The SMILES string of the molecule is CC1(C)c2ccc(-c3c4ccccc4c(-c4ccc5ccc6ccccc6c5c4)c4ccccc34)cc2-c2c1ccc1ccccc21.CC1(C)c2ccc(-c3c4ccccc4c(-c4ccc5ccc6ccccc6c5c4)c4ccccc34)cc2-c2ccc3ccccc3c21. The van der Waals surface area contributed by atoms with Crippen LogP contribution in [-0.2, 0) is 10.8 Å². The molecule has 2 aliphatic carbocycles. The Morgan fingerprint density at radius 1 is 0.170 bits per heavy atom. The van der Waals surface area contributed by atoms with E-state index in [2.05, 4.69) is 343 Å². The van der Waals surface area contributed by atoms with Crippen molar-refractivity contribution in [3.8, 4) is 66.8 Å². The minimum absolute atomic E-state index is 0.0541. The van der Waals surface area contributed by atoms with E-state index in [1.54, 1.807) is 0 Å². The molecule has 20 rings (SSSR count). The van der Waals surface area contributed by atoms with E-state index in [9.17, 15) is 0 Å². The fourth-order valence-electron chi connectivity index (χ4n) is 17.3. The monoisotopic (exact) mass is 1190 g/mol. The van der Waals surface area contributed by atoms with Gasteiger partial charge < -0.3 is 0 Å². The Morgan fingerprint density at radius 3 is 0.883 bits per heavy atom. The van der Waals surface area contributed by atoms with Crippen molar-refractivity contribution in [3.05, 3.63) is 338 Å². The third-order valence-corrected chi connectivity index (χ3v) is 21.6. The van der Waals surface area contributed by atoms with Crippen LogP contribution in [0.1, 0.15) is 49.9 Å². The van der Waals surface area contributed by atoms with Gasteiger partial charge in [0.15, 0.2) is 0 Å².